The van der Waals surface area contributed by atoms with Crippen molar-refractivity contribution in [1.82, 2.24) is 4.57 Å². The maximum Gasteiger partial charge on any atom is 0.340 e. The van der Waals surface area contributed by atoms with Gasteiger partial charge in [-0.2, -0.15) is 0 Å². The lowest BCUT2D eigenvalue weighted by Crippen LogP contribution is -2.08. The Bertz CT molecular complexity index is 1140. The first-order chi connectivity index (χ1) is 14.2. The fourth-order valence-electron chi connectivity index (χ4n) is 4.10. The molecule has 0 aliphatic heterocycles. The SMILES string of the molecule is CCCCCCOC(=O)c1ccc(-c2ccccc2)c2c3ccccc3n(C)c12. The summed E-state index contributed by atoms with van der Waals surface area (Å²) in [6.07, 6.45) is 4.36. The van der Waals surface area contributed by atoms with Crippen molar-refractivity contribution in [2.75, 3.05) is 6.61 Å². The molecule has 0 amide bonds. The van der Waals surface area contributed by atoms with Crippen LogP contribution in [0, 0.1) is 0 Å². The summed E-state index contributed by atoms with van der Waals surface area (Å²) < 4.78 is 7.74. The minimum absolute atomic E-state index is 0.239. The number of esters is 1. The van der Waals surface area contributed by atoms with Crippen LogP contribution in [-0.4, -0.2) is 17.1 Å². The maximum atomic E-state index is 12.9. The van der Waals surface area contributed by atoms with Crippen molar-refractivity contribution < 1.29 is 9.53 Å². The minimum Gasteiger partial charge on any atom is -0.462 e. The Morgan fingerprint density at radius 2 is 1.66 bits per heavy atom. The van der Waals surface area contributed by atoms with Gasteiger partial charge in [0.2, 0.25) is 0 Å². The first-order valence-corrected chi connectivity index (χ1v) is 10.4. The summed E-state index contributed by atoms with van der Waals surface area (Å²) in [4.78, 5) is 12.9. The van der Waals surface area contributed by atoms with Crippen LogP contribution in [0.15, 0.2) is 66.7 Å². The number of rotatable bonds is 7. The third-order valence-corrected chi connectivity index (χ3v) is 5.58. The molecule has 4 aromatic rings. The molecule has 0 saturated carbocycles. The molecule has 4 rings (SSSR count). The van der Waals surface area contributed by atoms with Gasteiger partial charge in [-0.3, -0.25) is 0 Å². The lowest BCUT2D eigenvalue weighted by atomic mass is 9.97. The molecule has 0 atom stereocenters. The summed E-state index contributed by atoms with van der Waals surface area (Å²) in [5, 5.41) is 2.26. The molecule has 0 unspecified atom stereocenters. The number of ether oxygens (including phenoxy) is 1. The van der Waals surface area contributed by atoms with Gasteiger partial charge in [-0.15, -0.1) is 0 Å². The van der Waals surface area contributed by atoms with Gasteiger partial charge in [0.05, 0.1) is 17.7 Å². The molecule has 0 fully saturated rings. The topological polar surface area (TPSA) is 31.2 Å². The quantitative estimate of drug-likeness (QED) is 0.261. The number of fused-ring (bicyclic) bond motifs is 3. The number of unbranched alkanes of at least 4 members (excludes halogenated alkanes) is 3. The Balaban J connectivity index is 1.82. The van der Waals surface area contributed by atoms with Gasteiger partial charge in [0.25, 0.3) is 0 Å². The van der Waals surface area contributed by atoms with Crippen LogP contribution in [-0.2, 0) is 11.8 Å². The van der Waals surface area contributed by atoms with Crippen molar-refractivity contribution in [1.29, 1.82) is 0 Å². The Hall–Kier alpha value is -3.07. The molecule has 0 spiro atoms. The summed E-state index contributed by atoms with van der Waals surface area (Å²) in [6, 6.07) is 22.6. The third kappa shape index (κ3) is 3.65. The standard InChI is InChI=1S/C26H27NO2/c1-3-4-5-11-18-29-26(28)22-17-16-20(19-12-7-6-8-13-19)24-21-14-9-10-15-23(21)27(2)25(22)24/h6-10,12-17H,3-5,11,18H2,1-2H3. The highest BCUT2D eigenvalue weighted by molar-refractivity contribution is 6.19. The van der Waals surface area contributed by atoms with Gasteiger partial charge in [-0.25, -0.2) is 4.79 Å². The zero-order valence-corrected chi connectivity index (χ0v) is 17.2. The van der Waals surface area contributed by atoms with Gasteiger partial charge >= 0.3 is 5.97 Å². The second-order valence-electron chi connectivity index (χ2n) is 7.52. The Labute approximate surface area is 171 Å². The average molecular weight is 386 g/mol. The van der Waals surface area contributed by atoms with Crippen LogP contribution in [0.1, 0.15) is 43.0 Å². The predicted molar refractivity (Wildman–Crippen MR) is 120 cm³/mol. The number of carbonyl (C=O) groups excluding carboxylic acids is 1. The van der Waals surface area contributed by atoms with Crippen LogP contribution < -0.4 is 0 Å². The molecule has 3 aromatic carbocycles. The zero-order valence-electron chi connectivity index (χ0n) is 17.2. The summed E-state index contributed by atoms with van der Waals surface area (Å²) in [5.41, 5.74) is 4.97. The molecule has 3 heteroatoms. The van der Waals surface area contributed by atoms with E-state index in [0.29, 0.717) is 12.2 Å². The number of benzene rings is 3. The third-order valence-electron chi connectivity index (χ3n) is 5.58. The van der Waals surface area contributed by atoms with Gasteiger partial charge in [-0.1, -0.05) is 80.8 Å². The highest BCUT2D eigenvalue weighted by Gasteiger charge is 2.20. The fraction of sp³-hybridized carbons (Fsp3) is 0.269. The van der Waals surface area contributed by atoms with Gasteiger partial charge in [-0.05, 0) is 29.7 Å². The highest BCUT2D eigenvalue weighted by Crippen LogP contribution is 2.38. The molecule has 0 bridgehead atoms. The minimum atomic E-state index is -0.239. The normalized spacial score (nSPS) is 11.2. The van der Waals surface area contributed by atoms with E-state index in [9.17, 15) is 4.79 Å². The Morgan fingerprint density at radius 1 is 0.897 bits per heavy atom. The van der Waals surface area contributed by atoms with E-state index in [0.717, 1.165) is 45.8 Å². The van der Waals surface area contributed by atoms with E-state index in [1.54, 1.807) is 0 Å². The molecule has 1 aromatic heterocycles. The van der Waals surface area contributed by atoms with E-state index in [4.69, 9.17) is 4.74 Å². The molecular weight excluding hydrogens is 358 g/mol. The molecule has 0 radical (unpaired) electrons. The summed E-state index contributed by atoms with van der Waals surface area (Å²) >= 11 is 0. The summed E-state index contributed by atoms with van der Waals surface area (Å²) in [7, 11) is 2.03. The zero-order chi connectivity index (χ0) is 20.2. The molecular formula is C26H27NO2. The van der Waals surface area contributed by atoms with Crippen LogP contribution in [0.2, 0.25) is 0 Å². The van der Waals surface area contributed by atoms with Crippen LogP contribution in [0.5, 0.6) is 0 Å². The van der Waals surface area contributed by atoms with Gasteiger partial charge in [0.15, 0.2) is 0 Å². The van der Waals surface area contributed by atoms with E-state index in [1.807, 2.05) is 37.4 Å². The van der Waals surface area contributed by atoms with E-state index in [1.165, 1.54) is 12.8 Å². The van der Waals surface area contributed by atoms with Gasteiger partial charge in [0, 0.05) is 23.3 Å². The Morgan fingerprint density at radius 3 is 2.45 bits per heavy atom. The van der Waals surface area contributed by atoms with E-state index < -0.39 is 0 Å². The van der Waals surface area contributed by atoms with Gasteiger partial charge < -0.3 is 9.30 Å². The molecule has 0 aliphatic carbocycles. The predicted octanol–water partition coefficient (Wildman–Crippen LogP) is 6.74. The van der Waals surface area contributed by atoms with Crippen LogP contribution >= 0.6 is 0 Å². The second-order valence-corrected chi connectivity index (χ2v) is 7.52. The lowest BCUT2D eigenvalue weighted by Gasteiger charge is -2.11. The van der Waals surface area contributed by atoms with E-state index in [2.05, 4.69) is 47.9 Å². The largest absolute Gasteiger partial charge is 0.462 e. The van der Waals surface area contributed by atoms with Gasteiger partial charge in [0.1, 0.15) is 0 Å². The fourth-order valence-corrected chi connectivity index (χ4v) is 4.10. The first-order valence-electron chi connectivity index (χ1n) is 10.4. The van der Waals surface area contributed by atoms with Crippen LogP contribution in [0.4, 0.5) is 0 Å². The molecule has 1 heterocycles. The maximum absolute atomic E-state index is 12.9. The Kier molecular flexibility index (Phi) is 5.66. The molecule has 148 valence electrons. The van der Waals surface area contributed by atoms with Crippen molar-refractivity contribution in [3.05, 3.63) is 72.3 Å². The van der Waals surface area contributed by atoms with Crippen molar-refractivity contribution >= 4 is 27.8 Å². The van der Waals surface area contributed by atoms with Crippen LogP contribution in [0.25, 0.3) is 32.9 Å². The smallest absolute Gasteiger partial charge is 0.340 e. The number of hydrogen-bond acceptors (Lipinski definition) is 2. The van der Waals surface area contributed by atoms with Crippen LogP contribution in [0.3, 0.4) is 0 Å². The molecule has 0 N–H and O–H groups in total. The number of aromatic nitrogens is 1. The highest BCUT2D eigenvalue weighted by atomic mass is 16.5. The van der Waals surface area contributed by atoms with Crippen molar-refractivity contribution in [2.24, 2.45) is 7.05 Å². The summed E-state index contributed by atoms with van der Waals surface area (Å²) in [5.74, 6) is -0.239. The number of aryl methyl sites for hydroxylation is 1. The van der Waals surface area contributed by atoms with Crippen molar-refractivity contribution in [3.8, 4) is 11.1 Å². The van der Waals surface area contributed by atoms with E-state index >= 15 is 0 Å². The van der Waals surface area contributed by atoms with Crippen molar-refractivity contribution in [3.63, 3.8) is 0 Å². The number of para-hydroxylation sites is 1. The number of carbonyl (C=O) groups is 1. The molecule has 0 aliphatic rings. The molecule has 29 heavy (non-hydrogen) atoms. The van der Waals surface area contributed by atoms with E-state index in [-0.39, 0.29) is 5.97 Å². The summed E-state index contributed by atoms with van der Waals surface area (Å²) in [6.45, 7) is 2.65. The molecule has 0 saturated heterocycles. The molecule has 3 nitrogen and oxygen atoms in total. The number of nitrogens with zero attached hydrogens (tertiary/aromatic N) is 1. The average Bonchev–Trinajstić information content (AvgIpc) is 3.07. The number of hydrogen-bond donors (Lipinski definition) is 0. The monoisotopic (exact) mass is 385 g/mol. The first kappa shape index (κ1) is 19.3. The van der Waals surface area contributed by atoms with Crippen molar-refractivity contribution in [2.45, 2.75) is 32.6 Å². The second kappa shape index (κ2) is 8.52. The lowest BCUT2D eigenvalue weighted by molar-refractivity contribution is 0.0499.